The van der Waals surface area contributed by atoms with Gasteiger partial charge < -0.3 is 5.32 Å². The highest BCUT2D eigenvalue weighted by Gasteiger charge is 2.09. The fraction of sp³-hybridized carbons (Fsp3) is 0.333. The Balaban J connectivity index is 2.44. The van der Waals surface area contributed by atoms with Gasteiger partial charge >= 0.3 is 0 Å². The van der Waals surface area contributed by atoms with E-state index in [0.717, 1.165) is 35.6 Å². The Morgan fingerprint density at radius 1 is 1.21 bits per heavy atom. The molecule has 19 heavy (non-hydrogen) atoms. The van der Waals surface area contributed by atoms with Crippen molar-refractivity contribution in [2.45, 2.75) is 27.2 Å². The van der Waals surface area contributed by atoms with Gasteiger partial charge in [-0.25, -0.2) is 9.97 Å². The average molecular weight is 276 g/mol. The zero-order valence-electron chi connectivity index (χ0n) is 11.5. The van der Waals surface area contributed by atoms with Gasteiger partial charge in [-0.05, 0) is 32.4 Å². The Kier molecular flexibility index (Phi) is 4.38. The highest BCUT2D eigenvalue weighted by atomic mass is 35.5. The number of aromatic nitrogens is 2. The van der Waals surface area contributed by atoms with Crippen LogP contribution < -0.4 is 5.32 Å². The van der Waals surface area contributed by atoms with Gasteiger partial charge in [0.15, 0.2) is 5.82 Å². The fourth-order valence-corrected chi connectivity index (χ4v) is 1.99. The summed E-state index contributed by atoms with van der Waals surface area (Å²) >= 11 is 6.02. The summed E-state index contributed by atoms with van der Waals surface area (Å²) in [5.41, 5.74) is 3.03. The molecule has 0 bridgehead atoms. The molecule has 1 heterocycles. The molecule has 0 radical (unpaired) electrons. The lowest BCUT2D eigenvalue weighted by atomic mass is 10.2. The van der Waals surface area contributed by atoms with Crippen molar-refractivity contribution < 1.29 is 0 Å². The van der Waals surface area contributed by atoms with E-state index in [9.17, 15) is 0 Å². The highest BCUT2D eigenvalue weighted by Crippen LogP contribution is 2.23. The van der Waals surface area contributed by atoms with Crippen molar-refractivity contribution in [1.82, 2.24) is 9.97 Å². The first-order valence-electron chi connectivity index (χ1n) is 6.47. The Hall–Kier alpha value is -1.61. The first-order chi connectivity index (χ1) is 9.11. The third-order valence-corrected chi connectivity index (χ3v) is 3.25. The molecule has 2 aromatic rings. The molecule has 0 atom stereocenters. The Labute approximate surface area is 119 Å². The van der Waals surface area contributed by atoms with Gasteiger partial charge in [-0.1, -0.05) is 30.7 Å². The maximum atomic E-state index is 6.02. The van der Waals surface area contributed by atoms with E-state index in [0.29, 0.717) is 10.8 Å². The van der Waals surface area contributed by atoms with E-state index in [1.807, 2.05) is 38.1 Å². The molecule has 4 heteroatoms. The molecule has 1 aromatic carbocycles. The third-order valence-electron chi connectivity index (χ3n) is 3.01. The zero-order chi connectivity index (χ0) is 13.8. The summed E-state index contributed by atoms with van der Waals surface area (Å²) in [6, 6.07) is 7.62. The molecule has 0 saturated heterocycles. The van der Waals surface area contributed by atoms with Gasteiger partial charge in [0.1, 0.15) is 5.82 Å². The van der Waals surface area contributed by atoms with Crippen LogP contribution in [0.2, 0.25) is 5.02 Å². The van der Waals surface area contributed by atoms with Crippen molar-refractivity contribution >= 4 is 17.4 Å². The first kappa shape index (κ1) is 13.8. The lowest BCUT2D eigenvalue weighted by Crippen LogP contribution is -2.07. The average Bonchev–Trinajstić information content (AvgIpc) is 2.40. The fourth-order valence-electron chi connectivity index (χ4n) is 1.80. The molecule has 0 amide bonds. The maximum Gasteiger partial charge on any atom is 0.161 e. The Morgan fingerprint density at radius 2 is 2.00 bits per heavy atom. The summed E-state index contributed by atoms with van der Waals surface area (Å²) in [7, 11) is 0. The molecule has 0 spiro atoms. The van der Waals surface area contributed by atoms with E-state index >= 15 is 0 Å². The predicted octanol–water partition coefficient (Wildman–Crippen LogP) is 4.24. The molecular formula is C15H18ClN3. The van der Waals surface area contributed by atoms with Crippen LogP contribution in [-0.4, -0.2) is 16.5 Å². The summed E-state index contributed by atoms with van der Waals surface area (Å²) < 4.78 is 0. The minimum atomic E-state index is 0.697. The minimum absolute atomic E-state index is 0.697. The van der Waals surface area contributed by atoms with Crippen LogP contribution in [0.5, 0.6) is 0 Å². The van der Waals surface area contributed by atoms with E-state index in [2.05, 4.69) is 22.2 Å². The second-order valence-electron chi connectivity index (χ2n) is 4.54. The summed E-state index contributed by atoms with van der Waals surface area (Å²) in [6.45, 7) is 7.08. The second-order valence-corrected chi connectivity index (χ2v) is 4.98. The topological polar surface area (TPSA) is 37.8 Å². The summed E-state index contributed by atoms with van der Waals surface area (Å²) in [6.07, 6.45) is 1.06. The summed E-state index contributed by atoms with van der Waals surface area (Å²) in [5.74, 6) is 1.62. The number of anilines is 1. The molecule has 0 saturated carbocycles. The minimum Gasteiger partial charge on any atom is -0.370 e. The van der Waals surface area contributed by atoms with Crippen LogP contribution in [0, 0.1) is 13.8 Å². The molecule has 1 aromatic heterocycles. The number of hydrogen-bond donors (Lipinski definition) is 1. The van der Waals surface area contributed by atoms with Crippen molar-refractivity contribution in [1.29, 1.82) is 0 Å². The number of nitrogens with one attached hydrogen (secondary N) is 1. The molecule has 0 fully saturated rings. The largest absolute Gasteiger partial charge is 0.370 e. The summed E-state index contributed by atoms with van der Waals surface area (Å²) in [4.78, 5) is 9.14. The molecule has 0 aliphatic carbocycles. The number of aryl methyl sites for hydroxylation is 1. The van der Waals surface area contributed by atoms with Gasteiger partial charge in [0.05, 0.1) is 0 Å². The monoisotopic (exact) mass is 275 g/mol. The van der Waals surface area contributed by atoms with Crippen molar-refractivity contribution in [3.8, 4) is 11.4 Å². The first-order valence-corrected chi connectivity index (χ1v) is 6.84. The van der Waals surface area contributed by atoms with Crippen LogP contribution in [-0.2, 0) is 0 Å². The van der Waals surface area contributed by atoms with Crippen molar-refractivity contribution in [2.24, 2.45) is 0 Å². The number of halogens is 1. The molecule has 0 aliphatic rings. The summed E-state index contributed by atoms with van der Waals surface area (Å²) in [5, 5.41) is 4.04. The predicted molar refractivity (Wildman–Crippen MR) is 80.7 cm³/mol. The van der Waals surface area contributed by atoms with Crippen LogP contribution in [0.1, 0.15) is 24.6 Å². The molecule has 3 nitrogen and oxygen atoms in total. The quantitative estimate of drug-likeness (QED) is 0.907. The van der Waals surface area contributed by atoms with E-state index in [1.54, 1.807) is 0 Å². The van der Waals surface area contributed by atoms with Crippen LogP contribution >= 0.6 is 11.6 Å². The smallest absolute Gasteiger partial charge is 0.161 e. The van der Waals surface area contributed by atoms with E-state index in [4.69, 9.17) is 11.6 Å². The van der Waals surface area contributed by atoms with Crippen molar-refractivity contribution in [3.63, 3.8) is 0 Å². The van der Waals surface area contributed by atoms with Gasteiger partial charge in [-0.3, -0.25) is 0 Å². The molecular weight excluding hydrogens is 258 g/mol. The highest BCUT2D eigenvalue weighted by molar-refractivity contribution is 6.30. The number of benzene rings is 1. The van der Waals surface area contributed by atoms with Crippen LogP contribution in [0.15, 0.2) is 24.3 Å². The number of nitrogens with zero attached hydrogens (tertiary/aromatic N) is 2. The third kappa shape index (κ3) is 3.24. The van der Waals surface area contributed by atoms with E-state index in [1.165, 1.54) is 0 Å². The molecule has 100 valence electrons. The van der Waals surface area contributed by atoms with Gasteiger partial charge in [0, 0.05) is 28.4 Å². The lowest BCUT2D eigenvalue weighted by molar-refractivity contribution is 0.955. The molecule has 0 aliphatic heterocycles. The standard InChI is InChI=1S/C15H18ClN3/c1-4-8-17-14-10(2)11(3)18-15(19-14)12-6-5-7-13(16)9-12/h5-7,9H,4,8H2,1-3H3,(H,17,18,19). The van der Waals surface area contributed by atoms with E-state index in [-0.39, 0.29) is 0 Å². The van der Waals surface area contributed by atoms with E-state index < -0.39 is 0 Å². The van der Waals surface area contributed by atoms with Crippen LogP contribution in [0.25, 0.3) is 11.4 Å². The van der Waals surface area contributed by atoms with Crippen LogP contribution in [0.4, 0.5) is 5.82 Å². The normalized spacial score (nSPS) is 10.5. The number of rotatable bonds is 4. The van der Waals surface area contributed by atoms with Gasteiger partial charge in [-0.2, -0.15) is 0 Å². The number of hydrogen-bond acceptors (Lipinski definition) is 3. The Bertz CT molecular complexity index is 582. The maximum absolute atomic E-state index is 6.02. The second kappa shape index (κ2) is 6.02. The van der Waals surface area contributed by atoms with Gasteiger partial charge in [0.25, 0.3) is 0 Å². The lowest BCUT2D eigenvalue weighted by Gasteiger charge is -2.12. The van der Waals surface area contributed by atoms with Gasteiger partial charge in [0.2, 0.25) is 0 Å². The Morgan fingerprint density at radius 3 is 2.68 bits per heavy atom. The van der Waals surface area contributed by atoms with Crippen LogP contribution in [0.3, 0.4) is 0 Å². The van der Waals surface area contributed by atoms with Gasteiger partial charge in [-0.15, -0.1) is 0 Å². The molecule has 2 rings (SSSR count). The molecule has 0 unspecified atom stereocenters. The SMILES string of the molecule is CCCNc1nc(-c2cccc(Cl)c2)nc(C)c1C. The molecule has 1 N–H and O–H groups in total. The zero-order valence-corrected chi connectivity index (χ0v) is 12.3. The van der Waals surface area contributed by atoms with Crippen molar-refractivity contribution in [2.75, 3.05) is 11.9 Å². The van der Waals surface area contributed by atoms with Crippen molar-refractivity contribution in [3.05, 3.63) is 40.5 Å².